The van der Waals surface area contributed by atoms with E-state index in [2.05, 4.69) is 21.2 Å². The van der Waals surface area contributed by atoms with Gasteiger partial charge in [-0.3, -0.25) is 13.9 Å². The first-order valence-corrected chi connectivity index (χ1v) is 15.1. The van der Waals surface area contributed by atoms with Gasteiger partial charge in [-0.2, -0.15) is 0 Å². The van der Waals surface area contributed by atoms with Crippen molar-refractivity contribution in [2.75, 3.05) is 23.7 Å². The van der Waals surface area contributed by atoms with Gasteiger partial charge in [0.2, 0.25) is 21.8 Å². The summed E-state index contributed by atoms with van der Waals surface area (Å²) in [6.45, 7) is 4.17. The van der Waals surface area contributed by atoms with Gasteiger partial charge in [-0.1, -0.05) is 86.6 Å². The SMILES string of the molecule is CC(C)CNC(=O)[C@@H](Cc1ccccc1)N(Cc1ccccc1)C(=O)CN(c1ccccc1Br)S(C)(=O)=O. The van der Waals surface area contributed by atoms with Gasteiger partial charge in [-0.25, -0.2) is 8.42 Å². The van der Waals surface area contributed by atoms with Crippen LogP contribution in [-0.4, -0.2) is 50.5 Å². The summed E-state index contributed by atoms with van der Waals surface area (Å²) in [4.78, 5) is 29.0. The molecule has 0 radical (unpaired) electrons. The molecule has 9 heteroatoms. The Morgan fingerprint density at radius 1 is 0.868 bits per heavy atom. The van der Waals surface area contributed by atoms with E-state index in [1.165, 1.54) is 4.90 Å². The average molecular weight is 601 g/mol. The molecule has 38 heavy (non-hydrogen) atoms. The standard InChI is InChI=1S/C29H34BrN3O4S/c1-22(2)19-31-29(35)27(18-23-12-6-4-7-13-23)32(20-24-14-8-5-9-15-24)28(34)21-33(38(3,36)37)26-17-11-10-16-25(26)30/h4-17,22,27H,18-21H2,1-3H3,(H,31,35)/t27-/m1/s1. The Morgan fingerprint density at radius 3 is 1.97 bits per heavy atom. The van der Waals surface area contributed by atoms with Gasteiger partial charge in [0.25, 0.3) is 0 Å². The topological polar surface area (TPSA) is 86.8 Å². The number of nitrogens with one attached hydrogen (secondary N) is 1. The zero-order valence-electron chi connectivity index (χ0n) is 21.9. The smallest absolute Gasteiger partial charge is 0.244 e. The summed E-state index contributed by atoms with van der Waals surface area (Å²) in [6, 6.07) is 24.9. The third-order valence-corrected chi connectivity index (χ3v) is 7.75. The normalized spacial score (nSPS) is 12.1. The monoisotopic (exact) mass is 599 g/mol. The van der Waals surface area contributed by atoms with Crippen LogP contribution in [0.2, 0.25) is 0 Å². The molecule has 3 rings (SSSR count). The third-order valence-electron chi connectivity index (χ3n) is 5.95. The van der Waals surface area contributed by atoms with E-state index in [9.17, 15) is 18.0 Å². The molecule has 0 unspecified atom stereocenters. The molecule has 0 saturated heterocycles. The van der Waals surface area contributed by atoms with Crippen molar-refractivity contribution >= 4 is 43.5 Å². The van der Waals surface area contributed by atoms with Gasteiger partial charge >= 0.3 is 0 Å². The van der Waals surface area contributed by atoms with Gasteiger partial charge < -0.3 is 10.2 Å². The number of hydrogen-bond acceptors (Lipinski definition) is 4. The largest absolute Gasteiger partial charge is 0.354 e. The first kappa shape index (κ1) is 29.4. The number of rotatable bonds is 12. The molecule has 0 spiro atoms. The minimum absolute atomic E-state index is 0.153. The van der Waals surface area contributed by atoms with E-state index in [1.807, 2.05) is 74.5 Å². The summed E-state index contributed by atoms with van der Waals surface area (Å²) in [5, 5.41) is 2.98. The molecule has 202 valence electrons. The van der Waals surface area contributed by atoms with Crippen molar-refractivity contribution in [2.45, 2.75) is 32.9 Å². The summed E-state index contributed by atoms with van der Waals surface area (Å²) in [5.74, 6) is -0.528. The molecule has 0 heterocycles. The molecule has 1 atom stereocenters. The van der Waals surface area contributed by atoms with Gasteiger partial charge in [0.15, 0.2) is 0 Å². The average Bonchev–Trinajstić information content (AvgIpc) is 2.89. The van der Waals surface area contributed by atoms with Crippen molar-refractivity contribution in [3.8, 4) is 0 Å². The number of para-hydroxylation sites is 1. The van der Waals surface area contributed by atoms with E-state index in [0.29, 0.717) is 16.7 Å². The Kier molecular flexibility index (Phi) is 10.5. The number of carbonyl (C=O) groups is 2. The van der Waals surface area contributed by atoms with Crippen molar-refractivity contribution in [3.05, 3.63) is 101 Å². The Balaban J connectivity index is 2.03. The molecular formula is C29H34BrN3O4S. The lowest BCUT2D eigenvalue weighted by atomic mass is 10.0. The number of amides is 2. The molecule has 3 aromatic rings. The van der Waals surface area contributed by atoms with Crippen molar-refractivity contribution in [3.63, 3.8) is 0 Å². The summed E-state index contributed by atoms with van der Waals surface area (Å²) in [5.41, 5.74) is 2.09. The number of anilines is 1. The maximum Gasteiger partial charge on any atom is 0.244 e. The predicted molar refractivity (Wildman–Crippen MR) is 155 cm³/mol. The lowest BCUT2D eigenvalue weighted by Crippen LogP contribution is -2.53. The Hall–Kier alpha value is -3.17. The van der Waals surface area contributed by atoms with E-state index in [0.717, 1.165) is 21.7 Å². The lowest BCUT2D eigenvalue weighted by Gasteiger charge is -2.33. The van der Waals surface area contributed by atoms with Gasteiger partial charge in [-0.15, -0.1) is 0 Å². The first-order valence-electron chi connectivity index (χ1n) is 12.4. The van der Waals surface area contributed by atoms with E-state index < -0.39 is 28.5 Å². The molecule has 1 N–H and O–H groups in total. The molecule has 0 fully saturated rings. The molecule has 3 aromatic carbocycles. The lowest BCUT2D eigenvalue weighted by molar-refractivity contribution is -0.140. The van der Waals surface area contributed by atoms with Gasteiger partial charge in [0.1, 0.15) is 12.6 Å². The molecular weight excluding hydrogens is 566 g/mol. The van der Waals surface area contributed by atoms with Crippen LogP contribution >= 0.6 is 15.9 Å². The summed E-state index contributed by atoms with van der Waals surface area (Å²) in [7, 11) is -3.81. The fourth-order valence-electron chi connectivity index (χ4n) is 4.01. The van der Waals surface area contributed by atoms with Crippen LogP contribution in [0.25, 0.3) is 0 Å². The van der Waals surface area contributed by atoms with Crippen molar-refractivity contribution in [1.29, 1.82) is 0 Å². The fourth-order valence-corrected chi connectivity index (χ4v) is 5.48. The number of halogens is 1. The number of hydrogen-bond donors (Lipinski definition) is 1. The highest BCUT2D eigenvalue weighted by Gasteiger charge is 2.33. The number of carbonyl (C=O) groups excluding carboxylic acids is 2. The second-order valence-corrected chi connectivity index (χ2v) is 12.3. The zero-order chi connectivity index (χ0) is 27.7. The Labute approximate surface area is 234 Å². The second-order valence-electron chi connectivity index (χ2n) is 9.57. The van der Waals surface area contributed by atoms with Crippen molar-refractivity contribution in [2.24, 2.45) is 5.92 Å². The van der Waals surface area contributed by atoms with Crippen LogP contribution in [0, 0.1) is 5.92 Å². The number of nitrogens with zero attached hydrogens (tertiary/aromatic N) is 2. The Morgan fingerprint density at radius 2 is 1.42 bits per heavy atom. The van der Waals surface area contributed by atoms with E-state index in [4.69, 9.17) is 0 Å². The van der Waals surface area contributed by atoms with Crippen molar-refractivity contribution in [1.82, 2.24) is 10.2 Å². The summed E-state index contributed by atoms with van der Waals surface area (Å²) < 4.78 is 27.3. The molecule has 7 nitrogen and oxygen atoms in total. The Bertz CT molecular complexity index is 1320. The van der Waals surface area contributed by atoms with Crippen LogP contribution in [0.4, 0.5) is 5.69 Å². The minimum Gasteiger partial charge on any atom is -0.354 e. The molecule has 0 aliphatic rings. The van der Waals surface area contributed by atoms with E-state index in [-0.39, 0.29) is 24.8 Å². The predicted octanol–water partition coefficient (Wildman–Crippen LogP) is 4.63. The summed E-state index contributed by atoms with van der Waals surface area (Å²) >= 11 is 3.41. The van der Waals surface area contributed by atoms with Gasteiger partial charge in [0.05, 0.1) is 11.9 Å². The van der Waals surface area contributed by atoms with Crippen LogP contribution < -0.4 is 9.62 Å². The molecule has 0 aliphatic heterocycles. The molecule has 0 saturated carbocycles. The number of benzene rings is 3. The van der Waals surface area contributed by atoms with Gasteiger partial charge in [-0.05, 0) is 45.1 Å². The fraction of sp³-hybridized carbons (Fsp3) is 0.310. The minimum atomic E-state index is -3.81. The van der Waals surface area contributed by atoms with Crippen molar-refractivity contribution < 1.29 is 18.0 Å². The highest BCUT2D eigenvalue weighted by atomic mass is 79.9. The summed E-state index contributed by atoms with van der Waals surface area (Å²) in [6.07, 6.45) is 1.36. The van der Waals surface area contributed by atoms with E-state index >= 15 is 0 Å². The highest BCUT2D eigenvalue weighted by molar-refractivity contribution is 9.10. The maximum atomic E-state index is 14.0. The van der Waals surface area contributed by atoms with Crippen LogP contribution in [0.5, 0.6) is 0 Å². The van der Waals surface area contributed by atoms with Crippen LogP contribution in [0.15, 0.2) is 89.4 Å². The zero-order valence-corrected chi connectivity index (χ0v) is 24.3. The van der Waals surface area contributed by atoms with Gasteiger partial charge in [0, 0.05) is 24.0 Å². The van der Waals surface area contributed by atoms with Crippen LogP contribution in [0.3, 0.4) is 0 Å². The third kappa shape index (κ3) is 8.43. The van der Waals surface area contributed by atoms with Crippen LogP contribution in [0.1, 0.15) is 25.0 Å². The molecule has 0 bridgehead atoms. The quantitative estimate of drug-likeness (QED) is 0.329. The highest BCUT2D eigenvalue weighted by Crippen LogP contribution is 2.28. The second kappa shape index (κ2) is 13.6. The first-order chi connectivity index (χ1) is 18.1. The molecule has 2 amide bonds. The van der Waals surface area contributed by atoms with Crippen LogP contribution in [-0.2, 0) is 32.6 Å². The maximum absolute atomic E-state index is 14.0. The number of sulfonamides is 1. The molecule has 0 aliphatic carbocycles. The molecule has 0 aromatic heterocycles. The van der Waals surface area contributed by atoms with E-state index in [1.54, 1.807) is 24.3 Å².